The Morgan fingerprint density at radius 2 is 1.52 bits per heavy atom. The van der Waals surface area contributed by atoms with Crippen LogP contribution in [0.1, 0.15) is 59.2 Å². The van der Waals surface area contributed by atoms with E-state index in [1.165, 1.54) is 4.90 Å². The average Bonchev–Trinajstić information content (AvgIpc) is 2.83. The topological polar surface area (TPSA) is 104 Å². The average molecular weight is 346 g/mol. The maximum atomic E-state index is 12.2. The molecule has 1 heterocycles. The van der Waals surface area contributed by atoms with Gasteiger partial charge in [0.25, 0.3) is 11.8 Å². The number of amides is 3. The minimum atomic E-state index is -0.853. The number of benzene rings is 1. The number of carbonyl (C=O) groups excluding carboxylic acids is 3. The predicted molar refractivity (Wildman–Crippen MR) is 90.2 cm³/mol. The molecule has 0 aromatic heterocycles. The number of hydrogen-bond acceptors (Lipinski definition) is 4. The van der Waals surface area contributed by atoms with Crippen LogP contribution in [0.15, 0.2) is 24.3 Å². The lowest BCUT2D eigenvalue weighted by atomic mass is 10.1. The van der Waals surface area contributed by atoms with Gasteiger partial charge in [-0.2, -0.15) is 0 Å². The number of rotatable bonds is 10. The summed E-state index contributed by atoms with van der Waals surface area (Å²) in [7, 11) is 0. The van der Waals surface area contributed by atoms with Gasteiger partial charge in [-0.1, -0.05) is 12.1 Å². The second-order valence-corrected chi connectivity index (χ2v) is 5.97. The highest BCUT2D eigenvalue weighted by atomic mass is 16.4. The fraction of sp³-hybridized carbons (Fsp3) is 0.444. The zero-order valence-electron chi connectivity index (χ0n) is 14.0. The molecule has 2 rings (SSSR count). The molecule has 7 nitrogen and oxygen atoms in total. The highest BCUT2D eigenvalue weighted by Gasteiger charge is 2.34. The monoisotopic (exact) mass is 346 g/mol. The van der Waals surface area contributed by atoms with Gasteiger partial charge < -0.3 is 10.4 Å². The maximum Gasteiger partial charge on any atom is 0.303 e. The summed E-state index contributed by atoms with van der Waals surface area (Å²) in [5.41, 5.74) is 0.893. The van der Waals surface area contributed by atoms with E-state index in [2.05, 4.69) is 5.32 Å². The number of imide groups is 1. The third-order valence-electron chi connectivity index (χ3n) is 4.05. The van der Waals surface area contributed by atoms with Crippen molar-refractivity contribution >= 4 is 23.7 Å². The van der Waals surface area contributed by atoms with Crippen LogP contribution in [0.25, 0.3) is 0 Å². The molecule has 0 saturated carbocycles. The Morgan fingerprint density at radius 1 is 0.920 bits per heavy atom. The zero-order chi connectivity index (χ0) is 18.2. The molecular weight excluding hydrogens is 324 g/mol. The van der Waals surface area contributed by atoms with Crippen LogP contribution in [0.2, 0.25) is 0 Å². The first-order valence-electron chi connectivity index (χ1n) is 8.44. The highest BCUT2D eigenvalue weighted by Crippen LogP contribution is 2.22. The molecule has 2 N–H and O–H groups in total. The van der Waals surface area contributed by atoms with E-state index < -0.39 is 5.97 Å². The lowest BCUT2D eigenvalue weighted by molar-refractivity contribution is -0.137. The van der Waals surface area contributed by atoms with Gasteiger partial charge in [-0.15, -0.1) is 0 Å². The molecule has 134 valence electrons. The van der Waals surface area contributed by atoms with Gasteiger partial charge in [-0.25, -0.2) is 0 Å². The minimum absolute atomic E-state index is 0.0769. The number of unbranched alkanes of at least 4 members (excludes halogenated alkanes) is 2. The second kappa shape index (κ2) is 8.96. The summed E-state index contributed by atoms with van der Waals surface area (Å²) in [6, 6.07) is 6.78. The number of nitrogens with one attached hydrogen (secondary N) is 1. The third kappa shape index (κ3) is 5.14. The third-order valence-corrected chi connectivity index (χ3v) is 4.05. The van der Waals surface area contributed by atoms with Crippen LogP contribution in [0, 0.1) is 0 Å². The molecule has 0 atom stereocenters. The van der Waals surface area contributed by atoms with E-state index in [-0.39, 0.29) is 24.1 Å². The van der Waals surface area contributed by atoms with E-state index in [1.54, 1.807) is 24.3 Å². The Balaban J connectivity index is 1.61. The van der Waals surface area contributed by atoms with Crippen molar-refractivity contribution in [3.05, 3.63) is 35.4 Å². The van der Waals surface area contributed by atoms with Crippen molar-refractivity contribution in [1.82, 2.24) is 10.2 Å². The van der Waals surface area contributed by atoms with E-state index in [4.69, 9.17) is 5.11 Å². The van der Waals surface area contributed by atoms with Gasteiger partial charge in [-0.3, -0.25) is 24.1 Å². The van der Waals surface area contributed by atoms with Gasteiger partial charge in [0.1, 0.15) is 0 Å². The molecule has 7 heteroatoms. The SMILES string of the molecule is O=C(O)CCCCC(=O)NCCCCN1C(=O)c2ccccc2C1=O. The Kier molecular flexibility index (Phi) is 6.68. The summed E-state index contributed by atoms with van der Waals surface area (Å²) in [6.07, 6.45) is 2.70. The molecule has 0 saturated heterocycles. The molecule has 0 bridgehead atoms. The van der Waals surface area contributed by atoms with E-state index in [9.17, 15) is 19.2 Å². The lowest BCUT2D eigenvalue weighted by Gasteiger charge is -2.13. The number of hydrogen-bond donors (Lipinski definition) is 2. The standard InChI is InChI=1S/C18H22N2O5/c21-15(9-3-4-10-16(22)23)19-11-5-6-12-20-17(24)13-7-1-2-8-14(13)18(20)25/h1-2,7-8H,3-6,9-12H2,(H,19,21)(H,22,23). The molecule has 1 aromatic carbocycles. The van der Waals surface area contributed by atoms with Crippen LogP contribution in [0.4, 0.5) is 0 Å². The van der Waals surface area contributed by atoms with Gasteiger partial charge in [0, 0.05) is 25.9 Å². The fourth-order valence-electron chi connectivity index (χ4n) is 2.72. The lowest BCUT2D eigenvalue weighted by Crippen LogP contribution is -2.31. The summed E-state index contributed by atoms with van der Waals surface area (Å²) in [4.78, 5) is 47.5. The molecule has 3 amide bonds. The number of carboxylic acids is 1. The number of aliphatic carboxylic acids is 1. The molecule has 0 unspecified atom stereocenters. The minimum Gasteiger partial charge on any atom is -0.481 e. The van der Waals surface area contributed by atoms with Crippen molar-refractivity contribution in [3.8, 4) is 0 Å². The Hall–Kier alpha value is -2.70. The molecular formula is C18H22N2O5. The van der Waals surface area contributed by atoms with Crippen molar-refractivity contribution in [2.75, 3.05) is 13.1 Å². The van der Waals surface area contributed by atoms with Crippen LogP contribution in [0.5, 0.6) is 0 Å². The number of carbonyl (C=O) groups is 4. The van der Waals surface area contributed by atoms with E-state index in [0.29, 0.717) is 56.3 Å². The fourth-order valence-corrected chi connectivity index (χ4v) is 2.72. The first-order chi connectivity index (χ1) is 12.0. The van der Waals surface area contributed by atoms with Gasteiger partial charge >= 0.3 is 5.97 Å². The number of fused-ring (bicyclic) bond motifs is 1. The molecule has 0 fully saturated rings. The largest absolute Gasteiger partial charge is 0.481 e. The van der Waals surface area contributed by atoms with Crippen LogP contribution >= 0.6 is 0 Å². The van der Waals surface area contributed by atoms with Crippen molar-refractivity contribution < 1.29 is 24.3 Å². The first-order valence-corrected chi connectivity index (χ1v) is 8.44. The van der Waals surface area contributed by atoms with Crippen LogP contribution in [0.3, 0.4) is 0 Å². The summed E-state index contributed by atoms with van der Waals surface area (Å²) in [5.74, 6) is -1.48. The van der Waals surface area contributed by atoms with Gasteiger partial charge in [0.15, 0.2) is 0 Å². The van der Waals surface area contributed by atoms with E-state index >= 15 is 0 Å². The number of nitrogens with zero attached hydrogens (tertiary/aromatic N) is 1. The van der Waals surface area contributed by atoms with Crippen molar-refractivity contribution in [2.24, 2.45) is 0 Å². The van der Waals surface area contributed by atoms with Crippen molar-refractivity contribution in [3.63, 3.8) is 0 Å². The smallest absolute Gasteiger partial charge is 0.303 e. The first kappa shape index (κ1) is 18.6. The van der Waals surface area contributed by atoms with Gasteiger partial charge in [0.05, 0.1) is 11.1 Å². The molecule has 0 aliphatic carbocycles. The Morgan fingerprint density at radius 3 is 2.12 bits per heavy atom. The van der Waals surface area contributed by atoms with Gasteiger partial charge in [0.2, 0.25) is 5.91 Å². The molecule has 0 radical (unpaired) electrons. The number of carboxylic acid groups (broad SMARTS) is 1. The molecule has 1 aliphatic rings. The molecule has 1 aliphatic heterocycles. The van der Waals surface area contributed by atoms with Crippen LogP contribution < -0.4 is 5.32 Å². The Labute approximate surface area is 146 Å². The zero-order valence-corrected chi connectivity index (χ0v) is 14.0. The normalized spacial score (nSPS) is 13.0. The Bertz CT molecular complexity index is 636. The highest BCUT2D eigenvalue weighted by molar-refractivity contribution is 6.21. The maximum absolute atomic E-state index is 12.2. The van der Waals surface area contributed by atoms with Gasteiger partial charge in [-0.05, 0) is 37.8 Å². The van der Waals surface area contributed by atoms with Crippen molar-refractivity contribution in [2.45, 2.75) is 38.5 Å². The molecule has 1 aromatic rings. The van der Waals surface area contributed by atoms with Crippen molar-refractivity contribution in [1.29, 1.82) is 0 Å². The predicted octanol–water partition coefficient (Wildman–Crippen LogP) is 1.82. The summed E-state index contributed by atoms with van der Waals surface area (Å²) < 4.78 is 0. The molecule has 0 spiro atoms. The van der Waals surface area contributed by atoms with E-state index in [1.807, 2.05) is 0 Å². The molecule has 25 heavy (non-hydrogen) atoms. The van der Waals surface area contributed by atoms with Crippen LogP contribution in [-0.4, -0.2) is 46.8 Å². The summed E-state index contributed by atoms with van der Waals surface area (Å²) in [5, 5.41) is 11.3. The summed E-state index contributed by atoms with van der Waals surface area (Å²) in [6.45, 7) is 0.807. The summed E-state index contributed by atoms with van der Waals surface area (Å²) >= 11 is 0. The second-order valence-electron chi connectivity index (χ2n) is 5.97. The van der Waals surface area contributed by atoms with Crippen LogP contribution in [-0.2, 0) is 9.59 Å². The quantitative estimate of drug-likeness (QED) is 0.497. The van der Waals surface area contributed by atoms with E-state index in [0.717, 1.165) is 0 Å².